The number of hydrogen-bond acceptors (Lipinski definition) is 6. The lowest BCUT2D eigenvalue weighted by molar-refractivity contribution is 0.0523. The average Bonchev–Trinajstić information content (AvgIpc) is 3.21. The summed E-state index contributed by atoms with van der Waals surface area (Å²) >= 11 is 0. The second kappa shape index (κ2) is 8.85. The summed E-state index contributed by atoms with van der Waals surface area (Å²) in [5, 5.41) is 2.57. The molecule has 0 unspecified atom stereocenters. The van der Waals surface area contributed by atoms with Crippen LogP contribution in [0, 0.1) is 5.82 Å². The molecular weight excluding hydrogens is 425 g/mol. The summed E-state index contributed by atoms with van der Waals surface area (Å²) in [7, 11) is 1.58. The van der Waals surface area contributed by atoms with E-state index >= 15 is 0 Å². The van der Waals surface area contributed by atoms with E-state index in [9.17, 15) is 9.18 Å². The number of nitrogens with one attached hydrogen (secondary N) is 2. The van der Waals surface area contributed by atoms with Crippen molar-refractivity contribution in [2.75, 3.05) is 7.11 Å². The Balaban J connectivity index is 1.60. The monoisotopic (exact) mass is 449 g/mol. The highest BCUT2D eigenvalue weighted by molar-refractivity contribution is 5.91. The van der Waals surface area contributed by atoms with Gasteiger partial charge in [-0.1, -0.05) is 12.1 Å². The predicted molar refractivity (Wildman–Crippen MR) is 122 cm³/mol. The minimum atomic E-state index is -0.622. The minimum absolute atomic E-state index is 0.0164. The van der Waals surface area contributed by atoms with E-state index in [2.05, 4.69) is 25.3 Å². The molecule has 0 atom stereocenters. The largest absolute Gasteiger partial charge is 0.497 e. The number of imidazole rings is 1. The Morgan fingerprint density at radius 1 is 1.12 bits per heavy atom. The number of H-pyrrole nitrogens is 1. The first-order valence-electron chi connectivity index (χ1n) is 10.3. The summed E-state index contributed by atoms with van der Waals surface area (Å²) in [6.07, 6.45) is 2.66. The van der Waals surface area contributed by atoms with Crippen LogP contribution in [-0.4, -0.2) is 38.7 Å². The third-order valence-corrected chi connectivity index (χ3v) is 4.79. The van der Waals surface area contributed by atoms with Crippen molar-refractivity contribution in [3.63, 3.8) is 0 Å². The number of rotatable bonds is 5. The summed E-state index contributed by atoms with van der Waals surface area (Å²) in [4.78, 5) is 28.3. The van der Waals surface area contributed by atoms with E-state index in [4.69, 9.17) is 9.47 Å². The SMILES string of the molecule is COc1ccnc(-c2nc3nccc(-c4ccc(CNC(=O)OC(C)(C)C)c(F)c4)c3[nH]2)c1. The zero-order valence-corrected chi connectivity index (χ0v) is 18.8. The molecule has 3 heterocycles. The molecular formula is C24H24FN5O3. The van der Waals surface area contributed by atoms with E-state index in [1.165, 1.54) is 6.07 Å². The summed E-state index contributed by atoms with van der Waals surface area (Å²) in [5.41, 5.74) is 2.87. The number of carbonyl (C=O) groups is 1. The topological polar surface area (TPSA) is 102 Å². The zero-order chi connectivity index (χ0) is 23.6. The summed E-state index contributed by atoms with van der Waals surface area (Å²) in [5.74, 6) is 0.747. The van der Waals surface area contributed by atoms with Gasteiger partial charge in [-0.15, -0.1) is 0 Å². The maximum absolute atomic E-state index is 14.8. The smallest absolute Gasteiger partial charge is 0.407 e. The van der Waals surface area contributed by atoms with E-state index in [0.29, 0.717) is 39.6 Å². The number of aromatic nitrogens is 4. The van der Waals surface area contributed by atoms with Gasteiger partial charge >= 0.3 is 6.09 Å². The molecule has 0 aliphatic carbocycles. The number of nitrogens with zero attached hydrogens (tertiary/aromatic N) is 3. The molecule has 0 radical (unpaired) electrons. The van der Waals surface area contributed by atoms with Gasteiger partial charge in [0.25, 0.3) is 0 Å². The lowest BCUT2D eigenvalue weighted by atomic mass is 10.0. The first-order chi connectivity index (χ1) is 15.7. The number of benzene rings is 1. The number of fused-ring (bicyclic) bond motifs is 1. The van der Waals surface area contributed by atoms with E-state index < -0.39 is 17.5 Å². The van der Waals surface area contributed by atoms with Crippen LogP contribution >= 0.6 is 0 Å². The maximum Gasteiger partial charge on any atom is 0.407 e. The van der Waals surface area contributed by atoms with Gasteiger partial charge in [0, 0.05) is 36.1 Å². The Hall–Kier alpha value is -4.01. The number of amides is 1. The van der Waals surface area contributed by atoms with Gasteiger partial charge in [0.15, 0.2) is 11.5 Å². The lowest BCUT2D eigenvalue weighted by Gasteiger charge is -2.19. The molecule has 170 valence electrons. The van der Waals surface area contributed by atoms with Crippen molar-refractivity contribution in [3.05, 3.63) is 60.2 Å². The molecule has 0 saturated heterocycles. The van der Waals surface area contributed by atoms with Gasteiger partial charge in [-0.2, -0.15) is 0 Å². The normalized spacial score (nSPS) is 11.4. The van der Waals surface area contributed by atoms with Crippen molar-refractivity contribution in [1.82, 2.24) is 25.3 Å². The van der Waals surface area contributed by atoms with Gasteiger partial charge in [0.05, 0.1) is 12.6 Å². The number of ether oxygens (including phenoxy) is 2. The van der Waals surface area contributed by atoms with E-state index in [0.717, 1.165) is 5.56 Å². The highest BCUT2D eigenvalue weighted by Gasteiger charge is 2.17. The summed E-state index contributed by atoms with van der Waals surface area (Å²) in [6.45, 7) is 5.32. The van der Waals surface area contributed by atoms with Crippen molar-refractivity contribution in [2.24, 2.45) is 0 Å². The molecule has 0 bridgehead atoms. The fraction of sp³-hybridized carbons (Fsp3) is 0.250. The molecule has 2 N–H and O–H groups in total. The van der Waals surface area contributed by atoms with Crippen molar-refractivity contribution in [3.8, 4) is 28.4 Å². The van der Waals surface area contributed by atoms with Crippen LogP contribution in [0.1, 0.15) is 26.3 Å². The number of halogens is 1. The van der Waals surface area contributed by atoms with Crippen LogP contribution in [0.15, 0.2) is 48.8 Å². The van der Waals surface area contributed by atoms with Crippen molar-refractivity contribution >= 4 is 17.3 Å². The zero-order valence-electron chi connectivity index (χ0n) is 18.8. The third kappa shape index (κ3) is 5.08. The summed E-state index contributed by atoms with van der Waals surface area (Å²) in [6, 6.07) is 10.1. The van der Waals surface area contributed by atoms with Gasteiger partial charge in [-0.3, -0.25) is 4.98 Å². The number of alkyl carbamates (subject to hydrolysis) is 1. The molecule has 0 spiro atoms. The number of carbonyl (C=O) groups excluding carboxylic acids is 1. The summed E-state index contributed by atoms with van der Waals surface area (Å²) < 4.78 is 25.3. The van der Waals surface area contributed by atoms with Gasteiger partial charge in [-0.05, 0) is 44.5 Å². The quantitative estimate of drug-likeness (QED) is 0.451. The van der Waals surface area contributed by atoms with Gasteiger partial charge in [-0.25, -0.2) is 19.2 Å². The molecule has 9 heteroatoms. The molecule has 1 aromatic carbocycles. The Bertz CT molecular complexity index is 1310. The average molecular weight is 449 g/mol. The molecule has 0 fully saturated rings. The molecule has 1 amide bonds. The van der Waals surface area contributed by atoms with Gasteiger partial charge < -0.3 is 19.8 Å². The number of pyridine rings is 2. The van der Waals surface area contributed by atoms with E-state index in [1.807, 2.05) is 0 Å². The van der Waals surface area contributed by atoms with Crippen molar-refractivity contribution < 1.29 is 18.7 Å². The molecule has 3 aromatic heterocycles. The Labute approximate surface area is 190 Å². The standard InChI is InChI=1S/C24H24FN5O3/c1-24(2,3)33-23(31)28-13-15-6-5-14(11-18(15)25)17-8-10-27-22-20(17)29-21(30-22)19-12-16(32-4)7-9-26-19/h5-12H,13H2,1-4H3,(H,28,31)(H,27,29,30). The van der Waals surface area contributed by atoms with Gasteiger partial charge in [0.1, 0.15) is 22.9 Å². The molecule has 4 aromatic rings. The van der Waals surface area contributed by atoms with Crippen molar-refractivity contribution in [1.29, 1.82) is 0 Å². The molecule has 0 aliphatic heterocycles. The molecule has 0 aliphatic rings. The lowest BCUT2D eigenvalue weighted by Crippen LogP contribution is -2.32. The fourth-order valence-electron chi connectivity index (χ4n) is 3.28. The second-order valence-electron chi connectivity index (χ2n) is 8.39. The first kappa shape index (κ1) is 22.2. The molecule has 8 nitrogen and oxygen atoms in total. The van der Waals surface area contributed by atoms with Crippen LogP contribution in [0.5, 0.6) is 5.75 Å². The highest BCUT2D eigenvalue weighted by Crippen LogP contribution is 2.30. The van der Waals surface area contributed by atoms with Crippen molar-refractivity contribution in [2.45, 2.75) is 32.9 Å². The molecule has 4 rings (SSSR count). The maximum atomic E-state index is 14.8. The third-order valence-electron chi connectivity index (χ3n) is 4.79. The van der Waals surface area contributed by atoms with E-state index in [-0.39, 0.29) is 6.54 Å². The first-order valence-corrected chi connectivity index (χ1v) is 10.3. The number of hydrogen-bond donors (Lipinski definition) is 2. The number of aromatic amines is 1. The molecule has 33 heavy (non-hydrogen) atoms. The highest BCUT2D eigenvalue weighted by atomic mass is 19.1. The van der Waals surface area contributed by atoms with Gasteiger partial charge in [0.2, 0.25) is 0 Å². The second-order valence-corrected chi connectivity index (χ2v) is 8.39. The van der Waals surface area contributed by atoms with Crippen LogP contribution in [-0.2, 0) is 11.3 Å². The van der Waals surface area contributed by atoms with Crippen LogP contribution in [0.4, 0.5) is 9.18 Å². The van der Waals surface area contributed by atoms with Crippen LogP contribution in [0.2, 0.25) is 0 Å². The van der Waals surface area contributed by atoms with Crippen LogP contribution < -0.4 is 10.1 Å². The predicted octanol–water partition coefficient (Wildman–Crippen LogP) is 4.86. The van der Waals surface area contributed by atoms with E-state index in [1.54, 1.807) is 70.6 Å². The van der Waals surface area contributed by atoms with Crippen LogP contribution in [0.3, 0.4) is 0 Å². The Morgan fingerprint density at radius 2 is 1.91 bits per heavy atom. The molecule has 0 saturated carbocycles. The van der Waals surface area contributed by atoms with Crippen LogP contribution in [0.25, 0.3) is 33.8 Å². The Kier molecular flexibility index (Phi) is 5.95. The minimum Gasteiger partial charge on any atom is -0.497 e. The number of methoxy groups -OCH3 is 1. The fourth-order valence-corrected chi connectivity index (χ4v) is 3.28. The Morgan fingerprint density at radius 3 is 2.64 bits per heavy atom.